The summed E-state index contributed by atoms with van der Waals surface area (Å²) < 4.78 is 0. The molecule has 0 spiro atoms. The van der Waals surface area contributed by atoms with Gasteiger partial charge in [0.25, 0.3) is 5.91 Å². The van der Waals surface area contributed by atoms with E-state index in [1.165, 1.54) is 12.3 Å². The first kappa shape index (κ1) is 14.2. The van der Waals surface area contributed by atoms with Gasteiger partial charge in [-0.05, 0) is 31.1 Å². The third-order valence-electron chi connectivity index (χ3n) is 3.16. The molecule has 0 aromatic carbocycles. The summed E-state index contributed by atoms with van der Waals surface area (Å²) in [6.45, 7) is 2.51. The van der Waals surface area contributed by atoms with Crippen molar-refractivity contribution in [1.82, 2.24) is 9.88 Å². The summed E-state index contributed by atoms with van der Waals surface area (Å²) in [5, 5.41) is 18.4. The van der Waals surface area contributed by atoms with Crippen LogP contribution in [-0.4, -0.2) is 50.7 Å². The lowest BCUT2D eigenvalue weighted by atomic mass is 10.1. The Labute approximate surface area is 116 Å². The quantitative estimate of drug-likeness (QED) is 0.796. The van der Waals surface area contributed by atoms with E-state index in [1.807, 2.05) is 0 Å². The predicted octanol–water partition coefficient (Wildman–Crippen LogP) is 0.776. The summed E-state index contributed by atoms with van der Waals surface area (Å²) >= 11 is 0. The van der Waals surface area contributed by atoms with Crippen LogP contribution in [0, 0.1) is 0 Å². The van der Waals surface area contributed by atoms with Gasteiger partial charge in [-0.2, -0.15) is 0 Å². The van der Waals surface area contributed by atoms with Crippen LogP contribution < -0.4 is 0 Å². The van der Waals surface area contributed by atoms with Gasteiger partial charge in [0.05, 0.1) is 5.60 Å². The van der Waals surface area contributed by atoms with E-state index in [0.717, 1.165) is 6.08 Å². The van der Waals surface area contributed by atoms with Gasteiger partial charge in [-0.15, -0.1) is 0 Å². The predicted molar refractivity (Wildman–Crippen MR) is 72.1 cm³/mol. The molecule has 1 unspecified atom stereocenters. The van der Waals surface area contributed by atoms with E-state index in [4.69, 9.17) is 5.11 Å². The van der Waals surface area contributed by atoms with Crippen LogP contribution in [0.15, 0.2) is 24.4 Å². The zero-order valence-electron chi connectivity index (χ0n) is 11.1. The Balaban J connectivity index is 2.07. The van der Waals surface area contributed by atoms with Crippen LogP contribution in [-0.2, 0) is 4.79 Å². The van der Waals surface area contributed by atoms with Crippen LogP contribution in [0.2, 0.25) is 0 Å². The number of amides is 1. The fourth-order valence-electron chi connectivity index (χ4n) is 2.08. The number of nitrogens with zero attached hydrogens (tertiary/aromatic N) is 2. The summed E-state index contributed by atoms with van der Waals surface area (Å²) in [6.07, 6.45) is 4.42. The van der Waals surface area contributed by atoms with Crippen LogP contribution in [0.4, 0.5) is 0 Å². The van der Waals surface area contributed by atoms with Crippen molar-refractivity contribution in [3.8, 4) is 0 Å². The largest absolute Gasteiger partial charge is 0.478 e. The number of aliphatic hydroxyl groups is 1. The zero-order valence-corrected chi connectivity index (χ0v) is 11.1. The number of carboxylic acids is 1. The van der Waals surface area contributed by atoms with Gasteiger partial charge in [-0.3, -0.25) is 9.78 Å². The topological polar surface area (TPSA) is 90.7 Å². The fourth-order valence-corrected chi connectivity index (χ4v) is 2.08. The molecule has 0 radical (unpaired) electrons. The number of pyridine rings is 1. The van der Waals surface area contributed by atoms with Gasteiger partial charge in [-0.1, -0.05) is 6.07 Å². The van der Waals surface area contributed by atoms with Gasteiger partial charge in [0.1, 0.15) is 5.69 Å². The Bertz CT molecular complexity index is 549. The first-order valence-corrected chi connectivity index (χ1v) is 6.26. The molecule has 6 heteroatoms. The second-order valence-corrected chi connectivity index (χ2v) is 5.12. The van der Waals surface area contributed by atoms with Crippen LogP contribution in [0.25, 0.3) is 6.08 Å². The monoisotopic (exact) mass is 276 g/mol. The van der Waals surface area contributed by atoms with Crippen molar-refractivity contribution in [1.29, 1.82) is 0 Å². The van der Waals surface area contributed by atoms with Crippen molar-refractivity contribution in [2.24, 2.45) is 0 Å². The van der Waals surface area contributed by atoms with Gasteiger partial charge >= 0.3 is 5.97 Å². The smallest absolute Gasteiger partial charge is 0.328 e. The number of aliphatic carboxylic acids is 1. The number of likely N-dealkylation sites (tertiary alicyclic amines) is 1. The number of carbonyl (C=O) groups is 2. The molecule has 20 heavy (non-hydrogen) atoms. The van der Waals surface area contributed by atoms with Gasteiger partial charge in [0, 0.05) is 25.4 Å². The maximum Gasteiger partial charge on any atom is 0.328 e. The second-order valence-electron chi connectivity index (χ2n) is 5.12. The lowest BCUT2D eigenvalue weighted by Crippen LogP contribution is -2.34. The highest BCUT2D eigenvalue weighted by Gasteiger charge is 2.34. The molecule has 6 nitrogen and oxygen atoms in total. The molecular weight excluding hydrogens is 260 g/mol. The second kappa shape index (κ2) is 5.42. The number of β-amino-alcohol motifs (C(OH)–C–C–N with tert-alkyl or cyclic N) is 1. The molecule has 1 fully saturated rings. The molecule has 1 aliphatic rings. The van der Waals surface area contributed by atoms with Crippen LogP contribution in [0.3, 0.4) is 0 Å². The lowest BCUT2D eigenvalue weighted by molar-refractivity contribution is -0.131. The molecule has 0 bridgehead atoms. The summed E-state index contributed by atoms with van der Waals surface area (Å²) in [5.74, 6) is -1.26. The van der Waals surface area contributed by atoms with Crippen LogP contribution in [0.1, 0.15) is 29.4 Å². The first-order chi connectivity index (χ1) is 9.37. The van der Waals surface area contributed by atoms with E-state index in [-0.39, 0.29) is 11.6 Å². The Morgan fingerprint density at radius 3 is 2.70 bits per heavy atom. The van der Waals surface area contributed by atoms with Crippen molar-refractivity contribution >= 4 is 18.0 Å². The summed E-state index contributed by atoms with van der Waals surface area (Å²) in [7, 11) is 0. The maximum absolute atomic E-state index is 12.2. The Morgan fingerprint density at radius 2 is 2.20 bits per heavy atom. The number of aromatic nitrogens is 1. The number of hydrogen-bond donors (Lipinski definition) is 2. The minimum Gasteiger partial charge on any atom is -0.478 e. The number of hydrogen-bond acceptors (Lipinski definition) is 4. The number of rotatable bonds is 3. The molecule has 2 heterocycles. The van der Waals surface area contributed by atoms with Gasteiger partial charge < -0.3 is 15.1 Å². The Kier molecular flexibility index (Phi) is 3.85. The van der Waals surface area contributed by atoms with Crippen LogP contribution in [0.5, 0.6) is 0 Å². The fraction of sp³-hybridized carbons (Fsp3) is 0.357. The molecule has 106 valence electrons. The summed E-state index contributed by atoms with van der Waals surface area (Å²) in [5.41, 5.74) is 0.0624. The van der Waals surface area contributed by atoms with Crippen molar-refractivity contribution < 1.29 is 19.8 Å². The average molecular weight is 276 g/mol. The first-order valence-electron chi connectivity index (χ1n) is 6.26. The minimum absolute atomic E-state index is 0.225. The number of carboxylic acid groups (broad SMARTS) is 1. The minimum atomic E-state index is -1.04. The molecule has 1 saturated heterocycles. The maximum atomic E-state index is 12.2. The van der Waals surface area contributed by atoms with E-state index in [2.05, 4.69) is 4.98 Å². The van der Waals surface area contributed by atoms with E-state index in [0.29, 0.717) is 25.1 Å². The van der Waals surface area contributed by atoms with Crippen molar-refractivity contribution in [2.75, 3.05) is 13.1 Å². The normalized spacial score (nSPS) is 22.4. The van der Waals surface area contributed by atoms with Crippen molar-refractivity contribution in [3.05, 3.63) is 35.7 Å². The molecule has 1 aromatic heterocycles. The Morgan fingerprint density at radius 1 is 1.45 bits per heavy atom. The molecule has 0 aliphatic carbocycles. The van der Waals surface area contributed by atoms with E-state index in [1.54, 1.807) is 24.0 Å². The van der Waals surface area contributed by atoms with Crippen LogP contribution >= 0.6 is 0 Å². The van der Waals surface area contributed by atoms with Gasteiger partial charge in [0.15, 0.2) is 0 Å². The Hall–Kier alpha value is -2.21. The molecule has 0 saturated carbocycles. The summed E-state index contributed by atoms with van der Waals surface area (Å²) in [6, 6.07) is 3.19. The van der Waals surface area contributed by atoms with Crippen molar-refractivity contribution in [3.63, 3.8) is 0 Å². The highest BCUT2D eigenvalue weighted by atomic mass is 16.4. The average Bonchev–Trinajstić information content (AvgIpc) is 2.76. The van der Waals surface area contributed by atoms with E-state index in [9.17, 15) is 14.7 Å². The zero-order chi connectivity index (χ0) is 14.8. The molecular formula is C14H16N2O4. The molecule has 2 rings (SSSR count). The van der Waals surface area contributed by atoms with E-state index < -0.39 is 11.6 Å². The summed E-state index contributed by atoms with van der Waals surface area (Å²) in [4.78, 5) is 28.1. The molecule has 1 aliphatic heterocycles. The third-order valence-corrected chi connectivity index (χ3v) is 3.16. The molecule has 1 aromatic rings. The molecule has 2 N–H and O–H groups in total. The van der Waals surface area contributed by atoms with E-state index >= 15 is 0 Å². The molecule has 1 atom stereocenters. The number of carbonyl (C=O) groups excluding carboxylic acids is 1. The highest BCUT2D eigenvalue weighted by Crippen LogP contribution is 2.21. The third kappa shape index (κ3) is 3.42. The standard InChI is InChI=1S/C14H16N2O4/c1-14(20)6-7-16(9-14)13(19)11-4-2-10(8-15-11)3-5-12(17)18/h2-5,8,20H,6-7,9H2,1H3,(H,17,18)/b5-3+. The van der Waals surface area contributed by atoms with Gasteiger partial charge in [0.2, 0.25) is 0 Å². The van der Waals surface area contributed by atoms with Crippen molar-refractivity contribution in [2.45, 2.75) is 18.9 Å². The van der Waals surface area contributed by atoms with Gasteiger partial charge in [-0.25, -0.2) is 4.79 Å². The lowest BCUT2D eigenvalue weighted by Gasteiger charge is -2.18. The molecule has 1 amide bonds. The highest BCUT2D eigenvalue weighted by molar-refractivity contribution is 5.92. The SMILES string of the molecule is CC1(O)CCN(C(=O)c2ccc(/C=C/C(=O)O)cn2)C1.